The van der Waals surface area contributed by atoms with E-state index in [9.17, 15) is 4.79 Å². The monoisotopic (exact) mass is 261 g/mol. The van der Waals surface area contributed by atoms with Gasteiger partial charge in [0.15, 0.2) is 0 Å². The Kier molecular flexibility index (Phi) is 3.78. The van der Waals surface area contributed by atoms with Crippen LogP contribution in [0.5, 0.6) is 0 Å². The quantitative estimate of drug-likeness (QED) is 0.879. The molecule has 1 saturated carbocycles. The van der Waals surface area contributed by atoms with E-state index in [4.69, 9.17) is 0 Å². The highest BCUT2D eigenvalue weighted by Gasteiger charge is 2.31. The zero-order valence-corrected chi connectivity index (χ0v) is 12.2. The van der Waals surface area contributed by atoms with Crippen LogP contribution in [0.3, 0.4) is 0 Å². The van der Waals surface area contributed by atoms with Crippen LogP contribution in [0.2, 0.25) is 0 Å². The average Bonchev–Trinajstić information content (AvgIpc) is 2.67. The summed E-state index contributed by atoms with van der Waals surface area (Å²) in [4.78, 5) is 16.6. The minimum absolute atomic E-state index is 0.00435. The van der Waals surface area contributed by atoms with E-state index in [0.29, 0.717) is 17.0 Å². The van der Waals surface area contributed by atoms with Gasteiger partial charge in [0.1, 0.15) is 5.82 Å². The van der Waals surface area contributed by atoms with Gasteiger partial charge < -0.3 is 10.6 Å². The number of hydrogen-bond donors (Lipinski definition) is 2. The summed E-state index contributed by atoms with van der Waals surface area (Å²) in [5.74, 6) is 0.738. The first-order chi connectivity index (χ1) is 8.89. The summed E-state index contributed by atoms with van der Waals surface area (Å²) >= 11 is 0. The molecule has 0 spiro atoms. The van der Waals surface area contributed by atoms with Gasteiger partial charge in [-0.3, -0.25) is 4.79 Å². The molecule has 1 aromatic rings. The molecule has 4 heteroatoms. The Labute approximate surface area is 115 Å². The van der Waals surface area contributed by atoms with Crippen molar-refractivity contribution < 1.29 is 4.79 Å². The Morgan fingerprint density at radius 3 is 2.74 bits per heavy atom. The van der Waals surface area contributed by atoms with Gasteiger partial charge in [0.05, 0.1) is 0 Å². The molecule has 19 heavy (non-hydrogen) atoms. The lowest BCUT2D eigenvalue weighted by Gasteiger charge is -2.18. The normalized spacial score (nSPS) is 21.2. The topological polar surface area (TPSA) is 54.0 Å². The predicted molar refractivity (Wildman–Crippen MR) is 77.4 cm³/mol. The summed E-state index contributed by atoms with van der Waals surface area (Å²) in [5, 5.41) is 6.11. The van der Waals surface area contributed by atoms with Gasteiger partial charge in [-0.2, -0.15) is 0 Å². The molecule has 2 rings (SSSR count). The molecule has 0 aromatic carbocycles. The minimum atomic E-state index is 0.00435. The maximum absolute atomic E-state index is 12.3. The number of nitrogens with zero attached hydrogens (tertiary/aromatic N) is 1. The van der Waals surface area contributed by atoms with Crippen LogP contribution in [0.1, 0.15) is 49.2 Å². The lowest BCUT2D eigenvalue weighted by Crippen LogP contribution is -2.33. The van der Waals surface area contributed by atoms with E-state index in [1.165, 1.54) is 6.42 Å². The molecule has 4 nitrogen and oxygen atoms in total. The average molecular weight is 261 g/mol. The maximum Gasteiger partial charge on any atom is 0.251 e. The molecule has 1 heterocycles. The number of carbonyl (C=O) groups excluding carboxylic acids is 1. The Bertz CT molecular complexity index is 482. The second-order valence-electron chi connectivity index (χ2n) is 6.21. The van der Waals surface area contributed by atoms with Crippen LogP contribution in [0.4, 0.5) is 5.82 Å². The summed E-state index contributed by atoms with van der Waals surface area (Å²) < 4.78 is 0. The lowest BCUT2D eigenvalue weighted by atomic mass is 9.92. The van der Waals surface area contributed by atoms with Crippen molar-refractivity contribution in [3.63, 3.8) is 0 Å². The molecular formula is C15H23N3O. The third kappa shape index (κ3) is 3.46. The zero-order valence-electron chi connectivity index (χ0n) is 12.2. The number of aryl methyl sites for hydroxylation is 1. The summed E-state index contributed by atoms with van der Waals surface area (Å²) in [6.07, 6.45) is 3.30. The van der Waals surface area contributed by atoms with Gasteiger partial charge in [-0.25, -0.2) is 4.98 Å². The third-order valence-electron chi connectivity index (χ3n) is 3.78. The van der Waals surface area contributed by atoms with E-state index in [1.807, 2.05) is 20.0 Å². The second kappa shape index (κ2) is 5.19. The van der Waals surface area contributed by atoms with Crippen molar-refractivity contribution >= 4 is 11.7 Å². The van der Waals surface area contributed by atoms with Crippen molar-refractivity contribution in [2.24, 2.45) is 5.41 Å². The van der Waals surface area contributed by atoms with Gasteiger partial charge in [0.2, 0.25) is 0 Å². The van der Waals surface area contributed by atoms with Crippen LogP contribution in [0.15, 0.2) is 12.1 Å². The van der Waals surface area contributed by atoms with Crippen LogP contribution in [-0.4, -0.2) is 24.0 Å². The zero-order chi connectivity index (χ0) is 14.0. The minimum Gasteiger partial charge on any atom is -0.373 e. The van der Waals surface area contributed by atoms with Crippen molar-refractivity contribution in [1.82, 2.24) is 10.3 Å². The van der Waals surface area contributed by atoms with E-state index in [0.717, 1.165) is 24.4 Å². The molecule has 1 aliphatic rings. The van der Waals surface area contributed by atoms with Gasteiger partial charge in [-0.05, 0) is 43.7 Å². The van der Waals surface area contributed by atoms with Crippen LogP contribution in [0, 0.1) is 12.3 Å². The number of amides is 1. The molecule has 0 aliphatic heterocycles. The van der Waals surface area contributed by atoms with E-state index >= 15 is 0 Å². The van der Waals surface area contributed by atoms with Crippen LogP contribution >= 0.6 is 0 Å². The lowest BCUT2D eigenvalue weighted by molar-refractivity contribution is 0.0936. The van der Waals surface area contributed by atoms with Gasteiger partial charge in [0, 0.05) is 24.3 Å². The predicted octanol–water partition coefficient (Wildman–Crippen LogP) is 2.74. The van der Waals surface area contributed by atoms with Gasteiger partial charge in [-0.1, -0.05) is 13.8 Å². The number of carbonyl (C=O) groups is 1. The SMILES string of the molecule is CNc1cc(C(=O)NC2CCC(C)(C)C2)cc(C)n1. The fourth-order valence-electron chi connectivity index (χ4n) is 2.76. The molecular weight excluding hydrogens is 238 g/mol. The molecule has 0 radical (unpaired) electrons. The van der Waals surface area contributed by atoms with E-state index in [-0.39, 0.29) is 5.91 Å². The molecule has 1 aromatic heterocycles. The van der Waals surface area contributed by atoms with Gasteiger partial charge in [-0.15, -0.1) is 0 Å². The van der Waals surface area contributed by atoms with Crippen LogP contribution < -0.4 is 10.6 Å². The van der Waals surface area contributed by atoms with Crippen LogP contribution in [-0.2, 0) is 0 Å². The number of nitrogens with one attached hydrogen (secondary N) is 2. The Hall–Kier alpha value is -1.58. The van der Waals surface area contributed by atoms with Gasteiger partial charge >= 0.3 is 0 Å². The highest BCUT2D eigenvalue weighted by Crippen LogP contribution is 2.36. The first-order valence-electron chi connectivity index (χ1n) is 6.87. The number of rotatable bonds is 3. The first-order valence-corrected chi connectivity index (χ1v) is 6.87. The number of anilines is 1. The largest absolute Gasteiger partial charge is 0.373 e. The fraction of sp³-hybridized carbons (Fsp3) is 0.600. The molecule has 0 saturated heterocycles. The van der Waals surface area contributed by atoms with Gasteiger partial charge in [0.25, 0.3) is 5.91 Å². The molecule has 1 fully saturated rings. The summed E-state index contributed by atoms with van der Waals surface area (Å²) in [6, 6.07) is 3.92. The van der Waals surface area contributed by atoms with Crippen LogP contribution in [0.25, 0.3) is 0 Å². The number of pyridine rings is 1. The van der Waals surface area contributed by atoms with Crippen molar-refractivity contribution in [2.45, 2.75) is 46.1 Å². The number of hydrogen-bond acceptors (Lipinski definition) is 3. The van der Waals surface area contributed by atoms with Crippen molar-refractivity contribution in [2.75, 3.05) is 12.4 Å². The smallest absolute Gasteiger partial charge is 0.251 e. The molecule has 1 aliphatic carbocycles. The molecule has 1 atom stereocenters. The van der Waals surface area contributed by atoms with Crippen molar-refractivity contribution in [1.29, 1.82) is 0 Å². The van der Waals surface area contributed by atoms with E-state index in [2.05, 4.69) is 29.5 Å². The fourth-order valence-corrected chi connectivity index (χ4v) is 2.76. The summed E-state index contributed by atoms with van der Waals surface area (Å²) in [7, 11) is 1.81. The Morgan fingerprint density at radius 2 is 2.16 bits per heavy atom. The van der Waals surface area contributed by atoms with Crippen molar-refractivity contribution in [3.8, 4) is 0 Å². The Morgan fingerprint density at radius 1 is 1.42 bits per heavy atom. The highest BCUT2D eigenvalue weighted by atomic mass is 16.1. The molecule has 1 unspecified atom stereocenters. The van der Waals surface area contributed by atoms with E-state index in [1.54, 1.807) is 6.07 Å². The standard InChI is InChI=1S/C15H23N3O/c1-10-7-11(8-13(16-4)17-10)14(19)18-12-5-6-15(2,3)9-12/h7-8,12H,5-6,9H2,1-4H3,(H,16,17)(H,18,19). The first kappa shape index (κ1) is 13.8. The number of aromatic nitrogens is 1. The second-order valence-corrected chi connectivity index (χ2v) is 6.21. The van der Waals surface area contributed by atoms with E-state index < -0.39 is 0 Å². The maximum atomic E-state index is 12.3. The third-order valence-corrected chi connectivity index (χ3v) is 3.78. The Balaban J connectivity index is 2.06. The summed E-state index contributed by atoms with van der Waals surface area (Å²) in [6.45, 7) is 6.42. The van der Waals surface area contributed by atoms with Crippen molar-refractivity contribution in [3.05, 3.63) is 23.4 Å². The molecule has 104 valence electrons. The molecule has 0 bridgehead atoms. The molecule has 1 amide bonds. The highest BCUT2D eigenvalue weighted by molar-refractivity contribution is 5.95. The molecule has 2 N–H and O–H groups in total. The summed E-state index contributed by atoms with van der Waals surface area (Å²) in [5.41, 5.74) is 1.88.